The van der Waals surface area contributed by atoms with E-state index in [1.54, 1.807) is 16.7 Å². The number of benzene rings is 2. The number of aromatic nitrogens is 1. The van der Waals surface area contributed by atoms with Crippen LogP contribution in [0.1, 0.15) is 5.56 Å². The van der Waals surface area contributed by atoms with Gasteiger partial charge in [-0.1, -0.05) is 47.9 Å². The van der Waals surface area contributed by atoms with E-state index in [0.29, 0.717) is 16.7 Å². The molecule has 0 aliphatic heterocycles. The highest BCUT2D eigenvalue weighted by molar-refractivity contribution is 6.32. The molecular weight excluding hydrogens is 271 g/mol. The summed E-state index contributed by atoms with van der Waals surface area (Å²) in [7, 11) is 1.94. The maximum atomic E-state index is 12.8. The van der Waals surface area contributed by atoms with Crippen LogP contribution < -0.4 is 11.0 Å². The molecule has 0 radical (unpaired) electrons. The van der Waals surface area contributed by atoms with E-state index in [0.717, 1.165) is 11.2 Å². The molecule has 4 heteroatoms. The lowest BCUT2D eigenvalue weighted by atomic mass is 9.93. The lowest BCUT2D eigenvalue weighted by Crippen LogP contribution is -2.25. The van der Waals surface area contributed by atoms with E-state index in [1.165, 1.54) is 0 Å². The molecule has 0 atom stereocenters. The van der Waals surface area contributed by atoms with E-state index in [2.05, 4.69) is 6.07 Å². The molecule has 0 aliphatic carbocycles. The fraction of sp³-hybridized carbons (Fsp3) is 0. The largest absolute Gasteiger partial charge is 0.284 e. The number of hydrogen-bond acceptors (Lipinski definition) is 2. The van der Waals surface area contributed by atoms with Gasteiger partial charge >= 0.3 is 0 Å². The summed E-state index contributed by atoms with van der Waals surface area (Å²) in [5, 5.41) is 9.27. The van der Waals surface area contributed by atoms with Gasteiger partial charge in [0.25, 0.3) is 5.56 Å². The van der Waals surface area contributed by atoms with Gasteiger partial charge < -0.3 is 0 Å². The zero-order valence-electron chi connectivity index (χ0n) is 12.2. The van der Waals surface area contributed by atoms with Crippen LogP contribution in [0.15, 0.2) is 71.7 Å². The van der Waals surface area contributed by atoms with Crippen molar-refractivity contribution in [2.24, 2.45) is 0 Å². The van der Waals surface area contributed by atoms with Gasteiger partial charge in [-0.05, 0) is 18.2 Å². The van der Waals surface area contributed by atoms with E-state index in [4.69, 9.17) is 0 Å². The predicted octanol–water partition coefficient (Wildman–Crippen LogP) is 1.63. The van der Waals surface area contributed by atoms with E-state index in [9.17, 15) is 10.1 Å². The fourth-order valence-corrected chi connectivity index (χ4v) is 2.51. The average Bonchev–Trinajstić information content (AvgIpc) is 2.57. The topological polar surface area (TPSA) is 45.8 Å². The van der Waals surface area contributed by atoms with E-state index >= 15 is 0 Å². The number of nitrogens with zero attached hydrogens (tertiary/aromatic N) is 2. The molecule has 0 saturated heterocycles. The first-order valence-electron chi connectivity index (χ1n) is 6.99. The number of nitriles is 1. The van der Waals surface area contributed by atoms with Crippen molar-refractivity contribution in [3.8, 4) is 22.9 Å². The van der Waals surface area contributed by atoms with Crippen molar-refractivity contribution in [3.05, 3.63) is 82.8 Å². The molecule has 104 valence electrons. The van der Waals surface area contributed by atoms with Crippen LogP contribution in [0.25, 0.3) is 16.8 Å². The number of pyridine rings is 1. The van der Waals surface area contributed by atoms with Crippen LogP contribution >= 0.6 is 0 Å². The molecule has 0 bridgehead atoms. The highest BCUT2D eigenvalue weighted by atomic mass is 16.1. The number of hydrogen-bond donors (Lipinski definition) is 0. The summed E-state index contributed by atoms with van der Waals surface area (Å²) in [5.74, 6) is 0. The van der Waals surface area contributed by atoms with Crippen LogP contribution in [-0.2, 0) is 0 Å². The first kappa shape index (κ1) is 13.9. The Hall–Kier alpha value is -3.06. The molecule has 3 rings (SSSR count). The van der Waals surface area contributed by atoms with Crippen molar-refractivity contribution in [3.63, 3.8) is 0 Å². The molecule has 0 spiro atoms. The molecule has 0 fully saturated rings. The molecule has 3 nitrogen and oxygen atoms in total. The number of para-hydroxylation sites is 1. The molecule has 0 amide bonds. The molecule has 3 aromatic rings. The van der Waals surface area contributed by atoms with Crippen LogP contribution in [0, 0.1) is 11.3 Å². The van der Waals surface area contributed by atoms with Crippen LogP contribution in [0.4, 0.5) is 0 Å². The minimum atomic E-state index is -0.125. The van der Waals surface area contributed by atoms with Crippen molar-refractivity contribution in [1.29, 1.82) is 5.26 Å². The zero-order chi connectivity index (χ0) is 15.5. The Labute approximate surface area is 129 Å². The molecule has 22 heavy (non-hydrogen) atoms. The average molecular weight is 284 g/mol. The Morgan fingerprint density at radius 1 is 0.955 bits per heavy atom. The lowest BCUT2D eigenvalue weighted by molar-refractivity contribution is 1.00. The van der Waals surface area contributed by atoms with Crippen molar-refractivity contribution >= 4 is 13.3 Å². The van der Waals surface area contributed by atoms with Gasteiger partial charge in [-0.15, -0.1) is 0 Å². The molecule has 0 N–H and O–H groups in total. The van der Waals surface area contributed by atoms with Gasteiger partial charge in [0.1, 0.15) is 7.85 Å². The van der Waals surface area contributed by atoms with Crippen LogP contribution in [0.3, 0.4) is 0 Å². The molecule has 1 aromatic heterocycles. The first-order chi connectivity index (χ1) is 10.7. The van der Waals surface area contributed by atoms with Crippen LogP contribution in [0.5, 0.6) is 0 Å². The van der Waals surface area contributed by atoms with E-state index in [1.807, 2.05) is 62.6 Å². The Morgan fingerprint density at radius 3 is 2.36 bits per heavy atom. The van der Waals surface area contributed by atoms with E-state index in [-0.39, 0.29) is 5.56 Å². The molecule has 0 saturated carbocycles. The zero-order valence-corrected chi connectivity index (χ0v) is 12.2. The van der Waals surface area contributed by atoms with E-state index < -0.39 is 0 Å². The highest BCUT2D eigenvalue weighted by Crippen LogP contribution is 2.19. The third-order valence-electron chi connectivity index (χ3n) is 3.53. The van der Waals surface area contributed by atoms with Crippen LogP contribution in [0.2, 0.25) is 0 Å². The standard InChI is InChI=1S/C18H13BN2O/c19-14-10-17(16-9-5-4-6-13(16)11-20)18(22)21(12-14)15-7-2-1-3-8-15/h1-10,12H,19H2. The van der Waals surface area contributed by atoms with Crippen molar-refractivity contribution in [2.45, 2.75) is 0 Å². The fourth-order valence-electron chi connectivity index (χ4n) is 2.51. The molecule has 0 aliphatic rings. The predicted molar refractivity (Wildman–Crippen MR) is 90.4 cm³/mol. The Bertz CT molecular complexity index is 924. The summed E-state index contributed by atoms with van der Waals surface area (Å²) in [5.41, 5.74) is 3.37. The lowest BCUT2D eigenvalue weighted by Gasteiger charge is -2.11. The molecule has 1 heterocycles. The first-order valence-corrected chi connectivity index (χ1v) is 6.99. The smallest absolute Gasteiger partial charge is 0.262 e. The van der Waals surface area contributed by atoms with Gasteiger partial charge in [0.15, 0.2) is 0 Å². The van der Waals surface area contributed by atoms with Gasteiger partial charge in [0, 0.05) is 23.0 Å². The summed E-state index contributed by atoms with van der Waals surface area (Å²) >= 11 is 0. The van der Waals surface area contributed by atoms with Crippen molar-refractivity contribution in [2.75, 3.05) is 0 Å². The maximum absolute atomic E-state index is 12.8. The summed E-state index contributed by atoms with van der Waals surface area (Å²) in [4.78, 5) is 12.8. The van der Waals surface area contributed by atoms with Gasteiger partial charge in [0.05, 0.1) is 11.6 Å². The second-order valence-corrected chi connectivity index (χ2v) is 5.10. The third-order valence-corrected chi connectivity index (χ3v) is 3.53. The highest BCUT2D eigenvalue weighted by Gasteiger charge is 2.11. The maximum Gasteiger partial charge on any atom is 0.262 e. The monoisotopic (exact) mass is 284 g/mol. The summed E-state index contributed by atoms with van der Waals surface area (Å²) < 4.78 is 1.62. The second-order valence-electron chi connectivity index (χ2n) is 5.10. The quantitative estimate of drug-likeness (QED) is 0.671. The SMILES string of the molecule is Bc1cc(-c2ccccc2C#N)c(=O)n(-c2ccccc2)c1. The second kappa shape index (κ2) is 5.75. The van der Waals surface area contributed by atoms with Crippen molar-refractivity contribution < 1.29 is 0 Å². The van der Waals surface area contributed by atoms with Gasteiger partial charge in [-0.25, -0.2) is 0 Å². The summed E-state index contributed by atoms with van der Waals surface area (Å²) in [6.45, 7) is 0. The molecule has 0 unspecified atom stereocenters. The van der Waals surface area contributed by atoms with Crippen LogP contribution in [-0.4, -0.2) is 12.4 Å². The minimum absolute atomic E-state index is 0.125. The molecular formula is C18H13BN2O. The summed E-state index contributed by atoms with van der Waals surface area (Å²) in [6.07, 6.45) is 1.82. The van der Waals surface area contributed by atoms with Gasteiger partial charge in [-0.3, -0.25) is 9.36 Å². The Kier molecular flexibility index (Phi) is 3.63. The van der Waals surface area contributed by atoms with Gasteiger partial charge in [0.2, 0.25) is 0 Å². The summed E-state index contributed by atoms with van der Waals surface area (Å²) in [6, 6.07) is 20.6. The van der Waals surface area contributed by atoms with Gasteiger partial charge in [-0.2, -0.15) is 5.26 Å². The van der Waals surface area contributed by atoms with Crippen molar-refractivity contribution in [1.82, 2.24) is 4.57 Å². The minimum Gasteiger partial charge on any atom is -0.284 e. The Morgan fingerprint density at radius 2 is 1.64 bits per heavy atom. The molecule has 2 aromatic carbocycles. The number of rotatable bonds is 2. The Balaban J connectivity index is 2.30. The third kappa shape index (κ3) is 2.45. The normalized spacial score (nSPS) is 10.1.